The summed E-state index contributed by atoms with van der Waals surface area (Å²) in [5.41, 5.74) is 5.54. The molecule has 0 spiro atoms. The van der Waals surface area contributed by atoms with E-state index in [1.807, 2.05) is 11.9 Å². The van der Waals surface area contributed by atoms with Crippen molar-refractivity contribution in [2.24, 2.45) is 5.73 Å². The van der Waals surface area contributed by atoms with E-state index in [9.17, 15) is 4.79 Å². The number of likely N-dealkylation sites (N-methyl/N-ethyl adjacent to an activating group) is 1. The summed E-state index contributed by atoms with van der Waals surface area (Å²) in [7, 11) is 2.01. The van der Waals surface area contributed by atoms with E-state index in [4.69, 9.17) is 5.73 Å². The van der Waals surface area contributed by atoms with Crippen molar-refractivity contribution in [3.8, 4) is 0 Å². The lowest BCUT2D eigenvalue weighted by atomic mass is 10.0. The number of piperazine rings is 1. The number of hydrogen-bond donors (Lipinski definition) is 1. The van der Waals surface area contributed by atoms with E-state index in [0.717, 1.165) is 25.9 Å². The first kappa shape index (κ1) is 12.5. The maximum absolute atomic E-state index is 12.2. The van der Waals surface area contributed by atoms with E-state index >= 15 is 0 Å². The fraction of sp³-hybridized carbons (Fsp3) is 0.909. The van der Waals surface area contributed by atoms with Crippen molar-refractivity contribution in [1.82, 2.24) is 9.80 Å². The van der Waals surface area contributed by atoms with Gasteiger partial charge in [0.2, 0.25) is 5.91 Å². The van der Waals surface area contributed by atoms with Gasteiger partial charge in [0.05, 0.1) is 6.04 Å². The maximum atomic E-state index is 12.2. The smallest absolute Gasteiger partial charge is 0.240 e. The normalized spacial score (nSPS) is 28.5. The third-order valence-electron chi connectivity index (χ3n) is 3.09. The molecule has 2 N–H and O–H groups in total. The molecule has 0 aromatic carbocycles. The highest BCUT2D eigenvalue weighted by atomic mass is 16.2. The van der Waals surface area contributed by atoms with Gasteiger partial charge >= 0.3 is 0 Å². The Morgan fingerprint density at radius 1 is 1.53 bits per heavy atom. The first-order chi connectivity index (χ1) is 7.11. The summed E-state index contributed by atoms with van der Waals surface area (Å²) in [5.74, 6) is 0.253. The Hall–Kier alpha value is -0.610. The minimum atomic E-state index is -0.00208. The molecule has 0 saturated carbocycles. The molecule has 0 bridgehead atoms. The van der Waals surface area contributed by atoms with E-state index in [1.54, 1.807) is 0 Å². The second kappa shape index (κ2) is 5.47. The van der Waals surface area contributed by atoms with Crippen molar-refractivity contribution >= 4 is 5.91 Å². The third kappa shape index (κ3) is 2.69. The number of rotatable bonds is 4. The molecule has 1 heterocycles. The number of carbonyl (C=O) groups is 1. The zero-order chi connectivity index (χ0) is 11.4. The quantitative estimate of drug-likeness (QED) is 0.729. The summed E-state index contributed by atoms with van der Waals surface area (Å²) in [4.78, 5) is 16.3. The number of nitrogens with zero attached hydrogens (tertiary/aromatic N) is 2. The minimum Gasteiger partial charge on any atom is -0.337 e. The largest absolute Gasteiger partial charge is 0.337 e. The topological polar surface area (TPSA) is 49.6 Å². The molecule has 1 rings (SSSR count). The Morgan fingerprint density at radius 2 is 2.20 bits per heavy atom. The minimum absolute atomic E-state index is 0.00208. The van der Waals surface area contributed by atoms with Gasteiger partial charge < -0.3 is 10.6 Å². The summed E-state index contributed by atoms with van der Waals surface area (Å²) in [6, 6.07) is 0.328. The molecule has 4 nitrogen and oxygen atoms in total. The van der Waals surface area contributed by atoms with Crippen LogP contribution in [0.1, 0.15) is 26.7 Å². The van der Waals surface area contributed by atoms with Crippen molar-refractivity contribution in [2.75, 3.05) is 26.7 Å². The van der Waals surface area contributed by atoms with Crippen molar-refractivity contribution < 1.29 is 4.79 Å². The molecule has 88 valence electrons. The van der Waals surface area contributed by atoms with Crippen LogP contribution in [0.25, 0.3) is 0 Å². The van der Waals surface area contributed by atoms with Crippen LogP contribution in [0.3, 0.4) is 0 Å². The van der Waals surface area contributed by atoms with Crippen LogP contribution in [0, 0.1) is 0 Å². The fourth-order valence-electron chi connectivity index (χ4n) is 2.31. The predicted molar refractivity (Wildman–Crippen MR) is 61.6 cm³/mol. The Morgan fingerprint density at radius 3 is 2.73 bits per heavy atom. The Labute approximate surface area is 92.4 Å². The van der Waals surface area contributed by atoms with Crippen molar-refractivity contribution in [3.63, 3.8) is 0 Å². The Kier molecular flexibility index (Phi) is 4.54. The highest BCUT2D eigenvalue weighted by molar-refractivity contribution is 5.83. The summed E-state index contributed by atoms with van der Waals surface area (Å²) in [5, 5.41) is 0. The summed E-state index contributed by atoms with van der Waals surface area (Å²) >= 11 is 0. The molecule has 4 heteroatoms. The zero-order valence-corrected chi connectivity index (χ0v) is 10.1. The molecule has 1 saturated heterocycles. The second-order valence-electron chi connectivity index (χ2n) is 4.41. The van der Waals surface area contributed by atoms with Gasteiger partial charge in [-0.1, -0.05) is 6.92 Å². The third-order valence-corrected chi connectivity index (χ3v) is 3.09. The van der Waals surface area contributed by atoms with Gasteiger partial charge in [0, 0.05) is 19.1 Å². The van der Waals surface area contributed by atoms with Crippen molar-refractivity contribution in [2.45, 2.75) is 38.8 Å². The molecule has 15 heavy (non-hydrogen) atoms. The molecule has 2 atom stereocenters. The molecular formula is C11H23N3O. The van der Waals surface area contributed by atoms with Crippen LogP contribution in [-0.4, -0.2) is 54.5 Å². The van der Waals surface area contributed by atoms with Gasteiger partial charge in [-0.05, 0) is 33.4 Å². The molecule has 1 aliphatic rings. The monoisotopic (exact) mass is 213 g/mol. The van der Waals surface area contributed by atoms with Gasteiger partial charge in [0.1, 0.15) is 0 Å². The lowest BCUT2D eigenvalue weighted by Crippen LogP contribution is -2.60. The highest BCUT2D eigenvalue weighted by Gasteiger charge is 2.35. The first-order valence-corrected chi connectivity index (χ1v) is 5.82. The lowest BCUT2D eigenvalue weighted by molar-refractivity contribution is -0.144. The highest BCUT2D eigenvalue weighted by Crippen LogP contribution is 2.17. The summed E-state index contributed by atoms with van der Waals surface area (Å²) in [6.07, 6.45) is 1.79. The first-order valence-electron chi connectivity index (χ1n) is 5.82. The van der Waals surface area contributed by atoms with Gasteiger partial charge in [-0.2, -0.15) is 0 Å². The zero-order valence-electron chi connectivity index (χ0n) is 10.1. The molecule has 0 aromatic rings. The molecule has 1 fully saturated rings. The standard InChI is InChI=1S/C11H23N3O/c1-4-7-14-9(2)8-13(3)10(5-6-12)11(14)15/h9-10H,4-8,12H2,1-3H3. The van der Waals surface area contributed by atoms with Gasteiger partial charge in [-0.15, -0.1) is 0 Å². The van der Waals surface area contributed by atoms with E-state index in [0.29, 0.717) is 12.6 Å². The average molecular weight is 213 g/mol. The Bertz CT molecular complexity index is 200. The van der Waals surface area contributed by atoms with Crippen LogP contribution >= 0.6 is 0 Å². The van der Waals surface area contributed by atoms with Crippen LogP contribution < -0.4 is 5.73 Å². The molecule has 1 amide bonds. The molecule has 0 aromatic heterocycles. The van der Waals surface area contributed by atoms with Gasteiger partial charge in [0.25, 0.3) is 0 Å². The second-order valence-corrected chi connectivity index (χ2v) is 4.41. The van der Waals surface area contributed by atoms with Gasteiger partial charge in [-0.25, -0.2) is 0 Å². The van der Waals surface area contributed by atoms with Crippen molar-refractivity contribution in [3.05, 3.63) is 0 Å². The van der Waals surface area contributed by atoms with E-state index in [1.165, 1.54) is 0 Å². The average Bonchev–Trinajstić information content (AvgIpc) is 2.19. The lowest BCUT2D eigenvalue weighted by Gasteiger charge is -2.43. The van der Waals surface area contributed by atoms with E-state index in [2.05, 4.69) is 18.7 Å². The number of nitrogens with two attached hydrogens (primary N) is 1. The van der Waals surface area contributed by atoms with Crippen molar-refractivity contribution in [1.29, 1.82) is 0 Å². The molecule has 0 radical (unpaired) electrons. The van der Waals surface area contributed by atoms with Crippen LogP contribution in [-0.2, 0) is 4.79 Å². The van der Waals surface area contributed by atoms with Gasteiger partial charge in [0.15, 0.2) is 0 Å². The van der Waals surface area contributed by atoms with Gasteiger partial charge in [-0.3, -0.25) is 9.69 Å². The number of carbonyl (C=O) groups excluding carboxylic acids is 1. The molecule has 0 aliphatic carbocycles. The summed E-state index contributed by atoms with van der Waals surface area (Å²) < 4.78 is 0. The Balaban J connectivity index is 2.70. The predicted octanol–water partition coefficient (Wildman–Crippen LogP) is 0.276. The molecule has 1 aliphatic heterocycles. The van der Waals surface area contributed by atoms with E-state index < -0.39 is 0 Å². The fourth-order valence-corrected chi connectivity index (χ4v) is 2.31. The van der Waals surface area contributed by atoms with Crippen LogP contribution in [0.15, 0.2) is 0 Å². The van der Waals surface area contributed by atoms with Crippen LogP contribution in [0.5, 0.6) is 0 Å². The maximum Gasteiger partial charge on any atom is 0.240 e. The van der Waals surface area contributed by atoms with E-state index in [-0.39, 0.29) is 11.9 Å². The number of amides is 1. The summed E-state index contributed by atoms with van der Waals surface area (Å²) in [6.45, 7) is 6.62. The molecular weight excluding hydrogens is 190 g/mol. The SMILES string of the molecule is CCCN1C(=O)C(CCN)N(C)CC1C. The number of hydrogen-bond acceptors (Lipinski definition) is 3. The molecule has 2 unspecified atom stereocenters. The van der Waals surface area contributed by atoms with Crippen LogP contribution in [0.4, 0.5) is 0 Å². The van der Waals surface area contributed by atoms with Crippen LogP contribution in [0.2, 0.25) is 0 Å².